The molecule has 2 aromatic rings. The number of carbonyl (C=O) groups is 1. The molecular formula is C19H19KO9S. The second-order valence-corrected chi connectivity index (χ2v) is 7.97. The van der Waals surface area contributed by atoms with Crippen LogP contribution in [0.2, 0.25) is 0 Å². The zero-order valence-corrected chi connectivity index (χ0v) is 20.4. The maximum Gasteiger partial charge on any atom is 1.00 e. The number of rotatable bonds is 7. The van der Waals surface area contributed by atoms with Gasteiger partial charge in [-0.1, -0.05) is 6.07 Å². The molecule has 1 aliphatic rings. The molecule has 0 aromatic heterocycles. The van der Waals surface area contributed by atoms with Crippen LogP contribution in [0.1, 0.15) is 34.9 Å². The Kier molecular flexibility index (Phi) is 8.57. The molecule has 2 aromatic carbocycles. The fourth-order valence-corrected chi connectivity index (χ4v) is 3.49. The number of methoxy groups -OCH3 is 1. The Morgan fingerprint density at radius 3 is 2.57 bits per heavy atom. The third-order valence-electron chi connectivity index (χ3n) is 4.36. The van der Waals surface area contributed by atoms with Crippen LogP contribution in [0.15, 0.2) is 30.3 Å². The van der Waals surface area contributed by atoms with E-state index in [0.717, 1.165) is 0 Å². The maximum absolute atomic E-state index is 12.5. The van der Waals surface area contributed by atoms with E-state index in [-0.39, 0.29) is 111 Å². The van der Waals surface area contributed by atoms with Gasteiger partial charge in [-0.25, -0.2) is 8.42 Å². The van der Waals surface area contributed by atoms with Gasteiger partial charge in [0.25, 0.3) is 0 Å². The second-order valence-electron chi connectivity index (χ2n) is 6.44. The molecule has 156 valence electrons. The van der Waals surface area contributed by atoms with Crippen LogP contribution in [0.4, 0.5) is 0 Å². The van der Waals surface area contributed by atoms with Crippen LogP contribution in [-0.2, 0) is 10.1 Å². The van der Waals surface area contributed by atoms with Gasteiger partial charge in [-0.15, -0.1) is 0 Å². The number of hydrogen-bond acceptors (Lipinski definition) is 9. The molecule has 0 aliphatic carbocycles. The first-order valence-electron chi connectivity index (χ1n) is 8.68. The summed E-state index contributed by atoms with van der Waals surface area (Å²) in [6.07, 6.45) is -0.738. The summed E-state index contributed by atoms with van der Waals surface area (Å²) in [6, 6.07) is 7.28. The van der Waals surface area contributed by atoms with Crippen molar-refractivity contribution in [3.8, 4) is 28.7 Å². The molecule has 1 atom stereocenters. The Bertz CT molecular complexity index is 1040. The number of hydrogen-bond donors (Lipinski definition) is 2. The van der Waals surface area contributed by atoms with E-state index in [1.807, 2.05) is 0 Å². The fraction of sp³-hybridized carbons (Fsp3) is 0.316. The topological polar surface area (TPSA) is 142 Å². The molecule has 0 amide bonds. The Labute approximate surface area is 216 Å². The maximum atomic E-state index is 12.5. The molecule has 0 radical (unpaired) electrons. The molecule has 1 aliphatic heterocycles. The van der Waals surface area contributed by atoms with Crippen molar-refractivity contribution < 1.29 is 93.6 Å². The molecule has 30 heavy (non-hydrogen) atoms. The van der Waals surface area contributed by atoms with Crippen LogP contribution in [0.5, 0.6) is 28.7 Å². The number of Topliss-reactive ketones (excluding diaryl/α,β-unsaturated/α-hetero) is 1. The molecule has 1 unspecified atom stereocenters. The smallest absolute Gasteiger partial charge is 0.748 e. The molecule has 2 N–H and O–H groups in total. The molecule has 0 spiro atoms. The first-order valence-corrected chi connectivity index (χ1v) is 10.3. The Balaban J connectivity index is 0.00000320. The summed E-state index contributed by atoms with van der Waals surface area (Å²) in [5.74, 6) is -0.779. The summed E-state index contributed by atoms with van der Waals surface area (Å²) >= 11 is 0. The molecule has 3 rings (SSSR count). The standard InChI is InChI=1S/C19H20O9S.K/c1-26-16-4-3-11(7-13(16)20)17-10-15(22)19-14(21)8-12(9-18(19)28-17)27-5-2-6-29(23,24)25;/h3-4,7-9,17,20-21H,2,5-6,10H2,1H3,(H,23,24,25);/q;+1/p-1. The monoisotopic (exact) mass is 462 g/mol. The van der Waals surface area contributed by atoms with E-state index in [0.29, 0.717) is 5.56 Å². The summed E-state index contributed by atoms with van der Waals surface area (Å²) in [6.45, 7) is -0.0660. The average Bonchev–Trinajstić information content (AvgIpc) is 2.63. The van der Waals surface area contributed by atoms with E-state index < -0.39 is 22.0 Å². The van der Waals surface area contributed by atoms with Crippen LogP contribution in [0.25, 0.3) is 0 Å². The van der Waals surface area contributed by atoms with Crippen molar-refractivity contribution in [2.24, 2.45) is 0 Å². The number of benzene rings is 2. The number of ketones is 1. The Hall–Kier alpha value is -1.34. The number of ether oxygens (including phenoxy) is 3. The van der Waals surface area contributed by atoms with Gasteiger partial charge in [0.2, 0.25) is 0 Å². The number of aromatic hydroxyl groups is 2. The fourth-order valence-electron chi connectivity index (χ4n) is 3.02. The SMILES string of the molecule is COc1ccc(C2CC(=O)c3c(O)cc(OCCCS(=O)(=O)[O-])cc3O2)cc1O.[K+]. The molecule has 0 fully saturated rings. The van der Waals surface area contributed by atoms with Crippen LogP contribution in [0.3, 0.4) is 0 Å². The Morgan fingerprint density at radius 1 is 1.20 bits per heavy atom. The van der Waals surface area contributed by atoms with Crippen LogP contribution >= 0.6 is 0 Å². The minimum absolute atomic E-state index is 0. The van der Waals surface area contributed by atoms with Crippen LogP contribution in [-0.4, -0.2) is 48.4 Å². The number of fused-ring (bicyclic) bond motifs is 1. The molecule has 0 saturated carbocycles. The quantitative estimate of drug-likeness (QED) is 0.305. The summed E-state index contributed by atoms with van der Waals surface area (Å²) in [5.41, 5.74) is 0.572. The summed E-state index contributed by atoms with van der Waals surface area (Å²) in [5, 5.41) is 20.1. The molecule has 9 nitrogen and oxygen atoms in total. The van der Waals surface area contributed by atoms with Crippen molar-refractivity contribution in [1.82, 2.24) is 0 Å². The van der Waals surface area contributed by atoms with Gasteiger partial charge in [0, 0.05) is 17.9 Å². The van der Waals surface area contributed by atoms with Crippen molar-refractivity contribution in [3.05, 3.63) is 41.5 Å². The van der Waals surface area contributed by atoms with Gasteiger partial charge in [-0.05, 0) is 24.1 Å². The molecule has 11 heteroatoms. The minimum atomic E-state index is -4.33. The van der Waals surface area contributed by atoms with Crippen molar-refractivity contribution in [2.75, 3.05) is 19.5 Å². The summed E-state index contributed by atoms with van der Waals surface area (Å²) in [7, 11) is -2.91. The van der Waals surface area contributed by atoms with Gasteiger partial charge in [0.1, 0.15) is 28.9 Å². The predicted octanol–water partition coefficient (Wildman–Crippen LogP) is -0.869. The molecule has 0 saturated heterocycles. The molecule has 0 bridgehead atoms. The summed E-state index contributed by atoms with van der Waals surface area (Å²) < 4.78 is 48.1. The van der Waals surface area contributed by atoms with E-state index in [1.54, 1.807) is 12.1 Å². The average molecular weight is 463 g/mol. The zero-order valence-electron chi connectivity index (χ0n) is 16.5. The second kappa shape index (κ2) is 10.3. The molecule has 1 heterocycles. The number of phenols is 2. The van der Waals surface area contributed by atoms with Crippen LogP contribution in [0, 0.1) is 0 Å². The van der Waals surface area contributed by atoms with Gasteiger partial charge in [0.15, 0.2) is 17.3 Å². The van der Waals surface area contributed by atoms with Gasteiger partial charge in [0.05, 0.1) is 30.3 Å². The van der Waals surface area contributed by atoms with E-state index in [9.17, 15) is 28.0 Å². The predicted molar refractivity (Wildman–Crippen MR) is 99.8 cm³/mol. The number of phenolic OH excluding ortho intramolecular Hbond substituents is 2. The van der Waals surface area contributed by atoms with Gasteiger partial charge in [-0.2, -0.15) is 0 Å². The summed E-state index contributed by atoms with van der Waals surface area (Å²) in [4.78, 5) is 12.5. The van der Waals surface area contributed by atoms with E-state index >= 15 is 0 Å². The van der Waals surface area contributed by atoms with Crippen LogP contribution < -0.4 is 65.6 Å². The Morgan fingerprint density at radius 2 is 1.93 bits per heavy atom. The first-order chi connectivity index (χ1) is 13.7. The third-order valence-corrected chi connectivity index (χ3v) is 5.14. The van der Waals surface area contributed by atoms with E-state index in [4.69, 9.17) is 14.2 Å². The number of carbonyl (C=O) groups excluding carboxylic acids is 1. The van der Waals surface area contributed by atoms with Gasteiger partial charge >= 0.3 is 51.4 Å². The van der Waals surface area contributed by atoms with Crippen molar-refractivity contribution in [2.45, 2.75) is 18.9 Å². The van der Waals surface area contributed by atoms with Gasteiger partial charge in [-0.3, -0.25) is 4.79 Å². The zero-order chi connectivity index (χ0) is 21.2. The first kappa shape index (κ1) is 24.9. The normalized spacial score (nSPS) is 15.5. The molecular weight excluding hydrogens is 443 g/mol. The largest absolute Gasteiger partial charge is 1.00 e. The van der Waals surface area contributed by atoms with Crippen molar-refractivity contribution in [3.63, 3.8) is 0 Å². The van der Waals surface area contributed by atoms with E-state index in [1.165, 1.54) is 25.3 Å². The minimum Gasteiger partial charge on any atom is -0.748 e. The van der Waals surface area contributed by atoms with Crippen molar-refractivity contribution in [1.29, 1.82) is 0 Å². The van der Waals surface area contributed by atoms with E-state index in [2.05, 4.69) is 0 Å². The van der Waals surface area contributed by atoms with Gasteiger partial charge < -0.3 is 29.0 Å². The van der Waals surface area contributed by atoms with Crippen molar-refractivity contribution >= 4 is 15.9 Å². The third kappa shape index (κ3) is 6.09.